The van der Waals surface area contributed by atoms with Gasteiger partial charge in [0.15, 0.2) is 0 Å². The van der Waals surface area contributed by atoms with Crippen LogP contribution in [0.15, 0.2) is 30.3 Å². The predicted molar refractivity (Wildman–Crippen MR) is 124 cm³/mol. The zero-order valence-electron chi connectivity index (χ0n) is 19.4. The molecule has 6 nitrogen and oxygen atoms in total. The Bertz CT molecular complexity index is 798. The molecular formula is C26H37N3O3. The van der Waals surface area contributed by atoms with E-state index in [0.29, 0.717) is 39.1 Å². The van der Waals surface area contributed by atoms with Crippen LogP contribution < -0.4 is 0 Å². The lowest BCUT2D eigenvalue weighted by Crippen LogP contribution is -2.52. The maximum absolute atomic E-state index is 13.1. The number of hydrogen-bond acceptors (Lipinski definition) is 3. The number of carbonyl (C=O) groups excluding carboxylic acids is 3. The number of nitrogens with zero attached hydrogens (tertiary/aromatic N) is 3. The second-order valence-corrected chi connectivity index (χ2v) is 9.78. The maximum atomic E-state index is 13.1. The van der Waals surface area contributed by atoms with E-state index in [9.17, 15) is 14.4 Å². The van der Waals surface area contributed by atoms with Gasteiger partial charge in [-0.25, -0.2) is 0 Å². The highest BCUT2D eigenvalue weighted by atomic mass is 16.2. The van der Waals surface area contributed by atoms with Crippen LogP contribution in [0.5, 0.6) is 0 Å². The van der Waals surface area contributed by atoms with E-state index >= 15 is 0 Å². The highest BCUT2D eigenvalue weighted by Crippen LogP contribution is 2.30. The molecule has 2 saturated heterocycles. The summed E-state index contributed by atoms with van der Waals surface area (Å²) in [6.45, 7) is 4.88. The summed E-state index contributed by atoms with van der Waals surface area (Å²) < 4.78 is 0. The molecule has 2 aliphatic heterocycles. The fourth-order valence-corrected chi connectivity index (χ4v) is 5.58. The molecule has 3 fully saturated rings. The standard InChI is InChI=1S/C26H37N3O3/c1-20(22-10-6-3-7-11-22)29-19-23(18-25(29)31)26(32)28-16-14-27(15-17-28)24(30)13-12-21-8-4-2-5-9-21/h3,6-7,10-11,20-21,23H,2,4-5,8-9,12-19H2,1H3. The molecule has 6 heteroatoms. The van der Waals surface area contributed by atoms with Crippen molar-refractivity contribution in [2.75, 3.05) is 32.7 Å². The molecule has 2 atom stereocenters. The number of likely N-dealkylation sites (tertiary alicyclic amines) is 1. The first-order valence-corrected chi connectivity index (χ1v) is 12.4. The van der Waals surface area contributed by atoms with Crippen molar-refractivity contribution in [2.24, 2.45) is 11.8 Å². The summed E-state index contributed by atoms with van der Waals surface area (Å²) in [5.41, 5.74) is 1.09. The van der Waals surface area contributed by atoms with Gasteiger partial charge in [0, 0.05) is 45.6 Å². The van der Waals surface area contributed by atoms with Gasteiger partial charge in [-0.3, -0.25) is 14.4 Å². The normalized spacial score (nSPS) is 23.5. The minimum atomic E-state index is -0.276. The quantitative estimate of drug-likeness (QED) is 0.680. The van der Waals surface area contributed by atoms with E-state index < -0.39 is 0 Å². The molecule has 0 spiro atoms. The van der Waals surface area contributed by atoms with Crippen LogP contribution in [-0.2, 0) is 14.4 Å². The van der Waals surface area contributed by atoms with Crippen LogP contribution in [0.2, 0.25) is 0 Å². The zero-order valence-corrected chi connectivity index (χ0v) is 19.4. The van der Waals surface area contributed by atoms with E-state index in [2.05, 4.69) is 0 Å². The van der Waals surface area contributed by atoms with E-state index in [-0.39, 0.29) is 36.1 Å². The van der Waals surface area contributed by atoms with Gasteiger partial charge in [-0.1, -0.05) is 62.4 Å². The molecular weight excluding hydrogens is 402 g/mol. The Balaban J connectivity index is 1.23. The Labute approximate surface area is 191 Å². The first kappa shape index (κ1) is 22.8. The summed E-state index contributed by atoms with van der Waals surface area (Å²) in [6.07, 6.45) is 8.45. The van der Waals surface area contributed by atoms with Crippen molar-refractivity contribution in [1.82, 2.24) is 14.7 Å². The lowest BCUT2D eigenvalue weighted by atomic mass is 9.86. The smallest absolute Gasteiger partial charge is 0.228 e. The van der Waals surface area contributed by atoms with Gasteiger partial charge in [-0.05, 0) is 24.8 Å². The van der Waals surface area contributed by atoms with Crippen LogP contribution in [0, 0.1) is 11.8 Å². The topological polar surface area (TPSA) is 60.9 Å². The number of benzene rings is 1. The summed E-state index contributed by atoms with van der Waals surface area (Å²) in [5, 5.41) is 0. The Morgan fingerprint density at radius 1 is 0.969 bits per heavy atom. The van der Waals surface area contributed by atoms with Crippen molar-refractivity contribution < 1.29 is 14.4 Å². The van der Waals surface area contributed by atoms with Crippen LogP contribution in [-0.4, -0.2) is 65.1 Å². The van der Waals surface area contributed by atoms with Gasteiger partial charge in [0.1, 0.15) is 0 Å². The van der Waals surface area contributed by atoms with Crippen molar-refractivity contribution in [3.05, 3.63) is 35.9 Å². The maximum Gasteiger partial charge on any atom is 0.228 e. The molecule has 32 heavy (non-hydrogen) atoms. The lowest BCUT2D eigenvalue weighted by molar-refractivity contribution is -0.142. The fourth-order valence-electron chi connectivity index (χ4n) is 5.58. The average Bonchev–Trinajstić information content (AvgIpc) is 3.24. The molecule has 3 amide bonds. The molecule has 1 aromatic rings. The lowest BCUT2D eigenvalue weighted by Gasteiger charge is -2.36. The first-order chi connectivity index (χ1) is 15.5. The highest BCUT2D eigenvalue weighted by molar-refractivity contribution is 5.89. The largest absolute Gasteiger partial charge is 0.339 e. The molecule has 0 aromatic heterocycles. The van der Waals surface area contributed by atoms with E-state index in [1.807, 2.05) is 52.0 Å². The zero-order chi connectivity index (χ0) is 22.5. The fraction of sp³-hybridized carbons (Fsp3) is 0.654. The Hall–Kier alpha value is -2.37. The molecule has 1 aliphatic carbocycles. The van der Waals surface area contributed by atoms with Crippen molar-refractivity contribution in [3.63, 3.8) is 0 Å². The van der Waals surface area contributed by atoms with Crippen molar-refractivity contribution in [2.45, 2.75) is 64.3 Å². The third-order valence-corrected chi connectivity index (χ3v) is 7.69. The van der Waals surface area contributed by atoms with Gasteiger partial charge in [-0.2, -0.15) is 0 Å². The molecule has 0 bridgehead atoms. The van der Waals surface area contributed by atoms with Crippen molar-refractivity contribution in [3.8, 4) is 0 Å². The molecule has 2 unspecified atom stereocenters. The van der Waals surface area contributed by atoms with Crippen LogP contribution in [0.3, 0.4) is 0 Å². The van der Waals surface area contributed by atoms with Gasteiger partial charge in [0.2, 0.25) is 17.7 Å². The molecule has 2 heterocycles. The molecule has 1 aromatic carbocycles. The molecule has 0 N–H and O–H groups in total. The summed E-state index contributed by atoms with van der Waals surface area (Å²) in [4.78, 5) is 44.0. The van der Waals surface area contributed by atoms with Crippen molar-refractivity contribution in [1.29, 1.82) is 0 Å². The van der Waals surface area contributed by atoms with E-state index in [0.717, 1.165) is 17.9 Å². The summed E-state index contributed by atoms with van der Waals surface area (Å²) >= 11 is 0. The van der Waals surface area contributed by atoms with Gasteiger partial charge < -0.3 is 14.7 Å². The number of piperazine rings is 1. The molecule has 3 aliphatic rings. The minimum absolute atomic E-state index is 0.0277. The van der Waals surface area contributed by atoms with Crippen LogP contribution >= 0.6 is 0 Å². The summed E-state index contributed by atoms with van der Waals surface area (Å²) in [7, 11) is 0. The third-order valence-electron chi connectivity index (χ3n) is 7.69. The summed E-state index contributed by atoms with van der Waals surface area (Å²) in [6, 6.07) is 9.94. The highest BCUT2D eigenvalue weighted by Gasteiger charge is 2.39. The van der Waals surface area contributed by atoms with Crippen LogP contribution in [0.25, 0.3) is 0 Å². The van der Waals surface area contributed by atoms with E-state index in [4.69, 9.17) is 0 Å². The monoisotopic (exact) mass is 439 g/mol. The molecule has 1 saturated carbocycles. The average molecular weight is 440 g/mol. The second kappa shape index (κ2) is 10.5. The summed E-state index contributed by atoms with van der Waals surface area (Å²) in [5.74, 6) is 0.798. The molecule has 0 radical (unpaired) electrons. The second-order valence-electron chi connectivity index (χ2n) is 9.78. The Morgan fingerprint density at radius 2 is 1.62 bits per heavy atom. The van der Waals surface area contributed by atoms with E-state index in [1.54, 1.807) is 0 Å². The Kier molecular flexibility index (Phi) is 7.48. The number of rotatable bonds is 6. The SMILES string of the molecule is CC(c1ccccc1)N1CC(C(=O)N2CCN(C(=O)CCC3CCCCC3)CC2)CC1=O. The molecule has 4 rings (SSSR count). The number of amides is 3. The minimum Gasteiger partial charge on any atom is -0.339 e. The first-order valence-electron chi connectivity index (χ1n) is 12.4. The van der Waals surface area contributed by atoms with Crippen molar-refractivity contribution >= 4 is 17.7 Å². The van der Waals surface area contributed by atoms with Crippen LogP contribution in [0.4, 0.5) is 0 Å². The Morgan fingerprint density at radius 3 is 2.31 bits per heavy atom. The van der Waals surface area contributed by atoms with Gasteiger partial charge in [-0.15, -0.1) is 0 Å². The van der Waals surface area contributed by atoms with Gasteiger partial charge >= 0.3 is 0 Å². The number of carbonyl (C=O) groups is 3. The number of hydrogen-bond donors (Lipinski definition) is 0. The van der Waals surface area contributed by atoms with E-state index in [1.165, 1.54) is 32.1 Å². The predicted octanol–water partition coefficient (Wildman–Crippen LogP) is 3.63. The van der Waals surface area contributed by atoms with Crippen LogP contribution in [0.1, 0.15) is 69.9 Å². The third kappa shape index (κ3) is 5.33. The van der Waals surface area contributed by atoms with Gasteiger partial charge in [0.25, 0.3) is 0 Å². The van der Waals surface area contributed by atoms with Gasteiger partial charge in [0.05, 0.1) is 12.0 Å². The molecule has 174 valence electrons.